The fourth-order valence-electron chi connectivity index (χ4n) is 3.63. The zero-order valence-electron chi connectivity index (χ0n) is 23.0. The van der Waals surface area contributed by atoms with Crippen molar-refractivity contribution >= 4 is 37.1 Å². The van der Waals surface area contributed by atoms with Crippen LogP contribution in [0.1, 0.15) is 33.1 Å². The lowest BCUT2D eigenvalue weighted by Crippen LogP contribution is -2.54. The van der Waals surface area contributed by atoms with Crippen LogP contribution in [0.4, 0.5) is 0 Å². The molecule has 0 amide bonds. The molecule has 0 rings (SSSR count). The standard InChI is InChI=1S/C24H48O8Si3/c1-21(2)23(26)29-15-11-18-33(5,6)31-35(9,20-10-14-28-17-13-25)32-34(7,8)19-12-16-30-24(27)22(3)4/h25H,1,3,10-20H2,2,4-9H3. The predicted molar refractivity (Wildman–Crippen MR) is 146 cm³/mol. The molecule has 11 heteroatoms. The van der Waals surface area contributed by atoms with E-state index in [-0.39, 0.29) is 18.5 Å². The first kappa shape index (κ1) is 33.9. The van der Waals surface area contributed by atoms with E-state index in [0.717, 1.165) is 37.4 Å². The van der Waals surface area contributed by atoms with Crippen molar-refractivity contribution in [1.82, 2.24) is 0 Å². The van der Waals surface area contributed by atoms with E-state index in [1.807, 2.05) is 0 Å². The summed E-state index contributed by atoms with van der Waals surface area (Å²) in [7, 11) is -6.73. The Morgan fingerprint density at radius 3 is 1.46 bits per heavy atom. The zero-order chi connectivity index (χ0) is 27.1. The highest BCUT2D eigenvalue weighted by molar-refractivity contribution is 6.88. The molecule has 0 unspecified atom stereocenters. The van der Waals surface area contributed by atoms with Crippen LogP contribution in [0, 0.1) is 0 Å². The van der Waals surface area contributed by atoms with Gasteiger partial charge in [0.25, 0.3) is 0 Å². The highest BCUT2D eigenvalue weighted by Crippen LogP contribution is 2.29. The van der Waals surface area contributed by atoms with E-state index in [4.69, 9.17) is 27.5 Å². The minimum atomic E-state index is -2.54. The quantitative estimate of drug-likeness (QED) is 0.0990. The third kappa shape index (κ3) is 17.1. The number of aliphatic hydroxyl groups is 1. The lowest BCUT2D eigenvalue weighted by Gasteiger charge is -2.41. The fraction of sp³-hybridized carbons (Fsp3) is 0.750. The van der Waals surface area contributed by atoms with Crippen LogP contribution < -0.4 is 0 Å². The molecular weight excluding hydrogens is 501 g/mol. The molecule has 0 heterocycles. The molecule has 0 aliphatic rings. The molecule has 0 aromatic carbocycles. The highest BCUT2D eigenvalue weighted by atomic mass is 28.5. The summed E-state index contributed by atoms with van der Waals surface area (Å²) in [5, 5.41) is 8.94. The van der Waals surface area contributed by atoms with Crippen molar-refractivity contribution in [3.8, 4) is 0 Å². The van der Waals surface area contributed by atoms with Crippen LogP contribution in [-0.2, 0) is 32.0 Å². The number of hydrogen-bond acceptors (Lipinski definition) is 8. The molecule has 0 aliphatic carbocycles. The molecule has 0 fully saturated rings. The smallest absolute Gasteiger partial charge is 0.333 e. The average Bonchev–Trinajstić information content (AvgIpc) is 2.72. The second kappa shape index (κ2) is 16.6. The summed E-state index contributed by atoms with van der Waals surface area (Å²) in [5.74, 6) is -0.727. The van der Waals surface area contributed by atoms with Gasteiger partial charge in [-0.15, -0.1) is 0 Å². The van der Waals surface area contributed by atoms with Crippen molar-refractivity contribution < 1.29 is 37.1 Å². The van der Waals surface area contributed by atoms with Gasteiger partial charge in [0, 0.05) is 17.8 Å². The van der Waals surface area contributed by atoms with Crippen LogP contribution in [0.15, 0.2) is 24.3 Å². The van der Waals surface area contributed by atoms with E-state index in [1.165, 1.54) is 0 Å². The first-order valence-electron chi connectivity index (χ1n) is 12.4. The van der Waals surface area contributed by atoms with Crippen LogP contribution >= 0.6 is 0 Å². The van der Waals surface area contributed by atoms with Gasteiger partial charge in [-0.3, -0.25) is 0 Å². The van der Waals surface area contributed by atoms with Gasteiger partial charge < -0.3 is 27.5 Å². The van der Waals surface area contributed by atoms with E-state index in [0.29, 0.717) is 37.6 Å². The van der Waals surface area contributed by atoms with E-state index in [2.05, 4.69) is 45.9 Å². The topological polar surface area (TPSA) is 101 Å². The minimum absolute atomic E-state index is 0.00743. The summed E-state index contributed by atoms with van der Waals surface area (Å²) >= 11 is 0. The highest BCUT2D eigenvalue weighted by Gasteiger charge is 2.42. The number of esters is 2. The largest absolute Gasteiger partial charge is 0.462 e. The summed E-state index contributed by atoms with van der Waals surface area (Å²) in [6, 6.07) is 2.49. The molecule has 0 bridgehead atoms. The van der Waals surface area contributed by atoms with E-state index in [9.17, 15) is 9.59 Å². The number of carbonyl (C=O) groups is 2. The second-order valence-electron chi connectivity index (χ2n) is 10.3. The Hall–Kier alpha value is -1.09. The first-order chi connectivity index (χ1) is 16.1. The third-order valence-electron chi connectivity index (χ3n) is 5.15. The maximum atomic E-state index is 11.6. The molecular formula is C24H48O8Si3. The second-order valence-corrected chi connectivity index (χ2v) is 22.8. The van der Waals surface area contributed by atoms with Gasteiger partial charge in [-0.25, -0.2) is 9.59 Å². The molecule has 0 spiro atoms. The number of hydrogen-bond donors (Lipinski definition) is 1. The van der Waals surface area contributed by atoms with Crippen LogP contribution in [0.5, 0.6) is 0 Å². The summed E-state index contributed by atoms with van der Waals surface area (Å²) in [6.07, 6.45) is 2.26. The van der Waals surface area contributed by atoms with Crippen LogP contribution in [0.25, 0.3) is 0 Å². The summed E-state index contributed by atoms with van der Waals surface area (Å²) in [4.78, 5) is 23.2. The van der Waals surface area contributed by atoms with Crippen molar-refractivity contribution in [3.63, 3.8) is 0 Å². The molecule has 0 radical (unpaired) electrons. The molecule has 8 nitrogen and oxygen atoms in total. The van der Waals surface area contributed by atoms with Gasteiger partial charge in [-0.2, -0.15) is 0 Å². The van der Waals surface area contributed by atoms with Crippen molar-refractivity contribution in [2.24, 2.45) is 0 Å². The summed E-state index contributed by atoms with van der Waals surface area (Å²) in [5.41, 5.74) is 0.798. The first-order valence-corrected chi connectivity index (χ1v) is 21.1. The van der Waals surface area contributed by atoms with Gasteiger partial charge in [-0.1, -0.05) is 13.2 Å². The van der Waals surface area contributed by atoms with E-state index < -0.39 is 25.2 Å². The number of carbonyl (C=O) groups excluding carboxylic acids is 2. The van der Waals surface area contributed by atoms with Crippen molar-refractivity contribution in [2.45, 2.75) is 84.0 Å². The number of rotatable bonds is 20. The summed E-state index contributed by atoms with van der Waals surface area (Å²) in [6.45, 7) is 22.9. The van der Waals surface area contributed by atoms with E-state index in [1.54, 1.807) is 13.8 Å². The molecule has 35 heavy (non-hydrogen) atoms. The van der Waals surface area contributed by atoms with Crippen molar-refractivity contribution in [1.29, 1.82) is 0 Å². The van der Waals surface area contributed by atoms with Gasteiger partial charge in [0.05, 0.1) is 26.4 Å². The van der Waals surface area contributed by atoms with Crippen molar-refractivity contribution in [3.05, 3.63) is 24.3 Å². The third-order valence-corrected chi connectivity index (χ3v) is 17.4. The Morgan fingerprint density at radius 1 is 0.686 bits per heavy atom. The predicted octanol–water partition coefficient (Wildman–Crippen LogP) is 4.92. The molecule has 1 N–H and O–H groups in total. The Bertz CT molecular complexity index is 646. The van der Waals surface area contributed by atoms with Gasteiger partial charge >= 0.3 is 20.5 Å². The molecule has 0 saturated carbocycles. The summed E-state index contributed by atoms with van der Waals surface area (Å²) < 4.78 is 29.6. The van der Waals surface area contributed by atoms with Crippen molar-refractivity contribution in [2.75, 3.05) is 33.0 Å². The molecule has 0 aromatic rings. The normalized spacial score (nSPS) is 12.3. The molecule has 0 atom stereocenters. The van der Waals surface area contributed by atoms with Crippen LogP contribution in [0.2, 0.25) is 50.9 Å². The van der Waals surface area contributed by atoms with Crippen LogP contribution in [0.3, 0.4) is 0 Å². The molecule has 0 aliphatic heterocycles. The van der Waals surface area contributed by atoms with Crippen LogP contribution in [-0.4, -0.2) is 75.3 Å². The maximum absolute atomic E-state index is 11.6. The average molecular weight is 549 g/mol. The van der Waals surface area contributed by atoms with Gasteiger partial charge in [0.2, 0.25) is 0 Å². The number of ether oxygens (including phenoxy) is 3. The lowest BCUT2D eigenvalue weighted by molar-refractivity contribution is -0.139. The van der Waals surface area contributed by atoms with E-state index >= 15 is 0 Å². The minimum Gasteiger partial charge on any atom is -0.462 e. The van der Waals surface area contributed by atoms with Gasteiger partial charge in [0.15, 0.2) is 16.6 Å². The molecule has 0 saturated heterocycles. The molecule has 204 valence electrons. The Labute approximate surface area is 215 Å². The Kier molecular flexibility index (Phi) is 16.1. The lowest BCUT2D eigenvalue weighted by atomic mass is 10.4. The van der Waals surface area contributed by atoms with Gasteiger partial charge in [0.1, 0.15) is 0 Å². The fourth-order valence-corrected chi connectivity index (χ4v) is 17.9. The Morgan fingerprint density at radius 2 is 1.09 bits per heavy atom. The zero-order valence-corrected chi connectivity index (χ0v) is 26.0. The molecule has 0 aromatic heterocycles. The van der Waals surface area contributed by atoms with Gasteiger partial charge in [-0.05, 0) is 84.0 Å². The SMILES string of the molecule is C=C(C)C(=O)OCCC[Si](C)(C)O[Si](C)(CCCOCCO)O[Si](C)(C)CCCOC(=O)C(=C)C. The number of aliphatic hydroxyl groups excluding tert-OH is 1. The maximum Gasteiger partial charge on any atom is 0.333 e. The monoisotopic (exact) mass is 548 g/mol. The Balaban J connectivity index is 5.03.